The average molecular weight is 303 g/mol. The lowest BCUT2D eigenvalue weighted by Gasteiger charge is -2.53. The Labute approximate surface area is 134 Å². The third kappa shape index (κ3) is 3.58. The SMILES string of the molecule is CCC1(CC)CC(=O)CC(C)(C)N1OCCc1ccccc1. The molecule has 0 N–H and O–H groups in total. The fraction of sp³-hybridized carbons (Fsp3) is 0.632. The second kappa shape index (κ2) is 6.93. The first-order chi connectivity index (χ1) is 10.4. The Balaban J connectivity index is 2.08. The number of hydroxylamine groups is 2. The van der Waals surface area contributed by atoms with Crippen molar-refractivity contribution in [1.82, 2.24) is 5.06 Å². The van der Waals surface area contributed by atoms with E-state index in [1.165, 1.54) is 5.56 Å². The lowest BCUT2D eigenvalue weighted by Crippen LogP contribution is -2.62. The number of carbonyl (C=O) groups excluding carboxylic acids is 1. The van der Waals surface area contributed by atoms with E-state index in [0.717, 1.165) is 19.3 Å². The second-order valence-electron chi connectivity index (χ2n) is 7.00. The molecule has 0 saturated carbocycles. The van der Waals surface area contributed by atoms with Gasteiger partial charge in [0.15, 0.2) is 0 Å². The van der Waals surface area contributed by atoms with E-state index in [1.807, 2.05) is 6.07 Å². The maximum absolute atomic E-state index is 12.2. The van der Waals surface area contributed by atoms with Crippen molar-refractivity contribution in [3.05, 3.63) is 35.9 Å². The zero-order chi connectivity index (χ0) is 16.2. The largest absolute Gasteiger partial charge is 0.300 e. The zero-order valence-electron chi connectivity index (χ0n) is 14.4. The monoisotopic (exact) mass is 303 g/mol. The van der Waals surface area contributed by atoms with Crippen molar-refractivity contribution >= 4 is 5.78 Å². The van der Waals surface area contributed by atoms with Gasteiger partial charge in [0.05, 0.1) is 12.1 Å². The Kier molecular flexibility index (Phi) is 5.41. The minimum absolute atomic E-state index is 0.157. The third-order valence-electron chi connectivity index (χ3n) is 4.91. The lowest BCUT2D eigenvalue weighted by atomic mass is 9.76. The van der Waals surface area contributed by atoms with Crippen LogP contribution in [0.25, 0.3) is 0 Å². The van der Waals surface area contributed by atoms with Crippen LogP contribution < -0.4 is 0 Å². The van der Waals surface area contributed by atoms with Crippen LogP contribution in [0.15, 0.2) is 30.3 Å². The minimum Gasteiger partial charge on any atom is -0.300 e. The molecule has 0 amide bonds. The van der Waals surface area contributed by atoms with E-state index >= 15 is 0 Å². The molecule has 22 heavy (non-hydrogen) atoms. The first-order valence-electron chi connectivity index (χ1n) is 8.42. The number of Topliss-reactive ketones (excluding diaryl/α,β-unsaturated/α-hetero) is 1. The van der Waals surface area contributed by atoms with Crippen LogP contribution in [0.2, 0.25) is 0 Å². The second-order valence-corrected chi connectivity index (χ2v) is 7.00. The van der Waals surface area contributed by atoms with Gasteiger partial charge >= 0.3 is 0 Å². The molecule has 1 aromatic rings. The molecule has 122 valence electrons. The van der Waals surface area contributed by atoms with E-state index in [4.69, 9.17) is 4.84 Å². The van der Waals surface area contributed by atoms with Gasteiger partial charge in [0.2, 0.25) is 0 Å². The molecule has 0 unspecified atom stereocenters. The number of hydrogen-bond acceptors (Lipinski definition) is 3. The smallest absolute Gasteiger partial charge is 0.136 e. The van der Waals surface area contributed by atoms with Crippen molar-refractivity contribution in [1.29, 1.82) is 0 Å². The van der Waals surface area contributed by atoms with Crippen molar-refractivity contribution < 1.29 is 9.63 Å². The highest BCUT2D eigenvalue weighted by molar-refractivity contribution is 5.81. The Morgan fingerprint density at radius 1 is 1.09 bits per heavy atom. The maximum atomic E-state index is 12.2. The summed E-state index contributed by atoms with van der Waals surface area (Å²) in [6.45, 7) is 9.21. The van der Waals surface area contributed by atoms with Crippen LogP contribution in [0.5, 0.6) is 0 Å². The van der Waals surface area contributed by atoms with Gasteiger partial charge in [-0.1, -0.05) is 44.2 Å². The number of rotatable bonds is 6. The zero-order valence-corrected chi connectivity index (χ0v) is 14.4. The molecule has 1 saturated heterocycles. The van der Waals surface area contributed by atoms with E-state index in [2.05, 4.69) is 57.0 Å². The average Bonchev–Trinajstić information content (AvgIpc) is 2.49. The summed E-state index contributed by atoms with van der Waals surface area (Å²) in [6, 6.07) is 10.4. The van der Waals surface area contributed by atoms with E-state index in [-0.39, 0.29) is 11.1 Å². The Morgan fingerprint density at radius 2 is 1.73 bits per heavy atom. The molecule has 0 bridgehead atoms. The number of piperidine rings is 1. The maximum Gasteiger partial charge on any atom is 0.136 e. The predicted molar refractivity (Wildman–Crippen MR) is 89.6 cm³/mol. The predicted octanol–water partition coefficient (Wildman–Crippen LogP) is 4.16. The molecular weight excluding hydrogens is 274 g/mol. The molecular formula is C19H29NO2. The molecule has 3 nitrogen and oxygen atoms in total. The van der Waals surface area contributed by atoms with Gasteiger partial charge in [-0.15, -0.1) is 0 Å². The van der Waals surface area contributed by atoms with Crippen LogP contribution in [0.1, 0.15) is 58.9 Å². The molecule has 0 radical (unpaired) electrons. The lowest BCUT2D eigenvalue weighted by molar-refractivity contribution is -0.284. The van der Waals surface area contributed by atoms with Crippen molar-refractivity contribution in [2.24, 2.45) is 0 Å². The molecule has 0 atom stereocenters. The Morgan fingerprint density at radius 3 is 2.32 bits per heavy atom. The number of carbonyl (C=O) groups is 1. The molecule has 0 aliphatic carbocycles. The molecule has 1 aromatic carbocycles. The highest BCUT2D eigenvalue weighted by atomic mass is 16.7. The summed E-state index contributed by atoms with van der Waals surface area (Å²) in [6.07, 6.45) is 3.94. The topological polar surface area (TPSA) is 29.5 Å². The van der Waals surface area contributed by atoms with Crippen LogP contribution in [0.4, 0.5) is 0 Å². The molecule has 1 aliphatic rings. The normalized spacial score (nSPS) is 21.0. The fourth-order valence-electron chi connectivity index (χ4n) is 3.70. The highest BCUT2D eigenvalue weighted by Crippen LogP contribution is 2.41. The summed E-state index contributed by atoms with van der Waals surface area (Å²) in [7, 11) is 0. The van der Waals surface area contributed by atoms with E-state index < -0.39 is 0 Å². The van der Waals surface area contributed by atoms with Gasteiger partial charge in [-0.05, 0) is 38.7 Å². The summed E-state index contributed by atoms with van der Waals surface area (Å²) in [5.41, 5.74) is 0.889. The van der Waals surface area contributed by atoms with Gasteiger partial charge in [-0.3, -0.25) is 9.63 Å². The van der Waals surface area contributed by atoms with Gasteiger partial charge in [0.1, 0.15) is 5.78 Å². The Hall–Kier alpha value is -1.19. The molecule has 0 aromatic heterocycles. The quantitative estimate of drug-likeness (QED) is 0.790. The van der Waals surface area contributed by atoms with Gasteiger partial charge in [0, 0.05) is 18.4 Å². The Bertz CT molecular complexity index is 491. The van der Waals surface area contributed by atoms with Gasteiger partial charge in [0.25, 0.3) is 0 Å². The van der Waals surface area contributed by atoms with Gasteiger partial charge in [-0.2, -0.15) is 5.06 Å². The molecule has 1 fully saturated rings. The van der Waals surface area contributed by atoms with Crippen molar-refractivity contribution in [2.75, 3.05) is 6.61 Å². The van der Waals surface area contributed by atoms with E-state index in [0.29, 0.717) is 25.2 Å². The molecule has 1 aliphatic heterocycles. The summed E-state index contributed by atoms with van der Waals surface area (Å²) in [4.78, 5) is 18.4. The van der Waals surface area contributed by atoms with Crippen molar-refractivity contribution in [2.45, 2.75) is 70.9 Å². The highest BCUT2D eigenvalue weighted by Gasteiger charge is 2.49. The van der Waals surface area contributed by atoms with Crippen LogP contribution in [-0.2, 0) is 16.1 Å². The number of ketones is 1. The van der Waals surface area contributed by atoms with E-state index in [9.17, 15) is 4.79 Å². The van der Waals surface area contributed by atoms with Crippen LogP contribution in [-0.4, -0.2) is 28.5 Å². The molecule has 3 heteroatoms. The van der Waals surface area contributed by atoms with Crippen molar-refractivity contribution in [3.8, 4) is 0 Å². The summed E-state index contributed by atoms with van der Waals surface area (Å²) >= 11 is 0. The summed E-state index contributed by atoms with van der Waals surface area (Å²) < 4.78 is 0. The fourth-order valence-corrected chi connectivity index (χ4v) is 3.70. The number of benzene rings is 1. The van der Waals surface area contributed by atoms with E-state index in [1.54, 1.807) is 0 Å². The summed E-state index contributed by atoms with van der Waals surface area (Å²) in [5.74, 6) is 0.358. The first-order valence-corrected chi connectivity index (χ1v) is 8.42. The summed E-state index contributed by atoms with van der Waals surface area (Å²) in [5, 5.41) is 2.14. The standard InChI is InChI=1S/C19H29NO2/c1-5-19(6-2)15-17(21)14-18(3,4)20(19)22-13-12-16-10-8-7-9-11-16/h7-11H,5-6,12-15H2,1-4H3. The minimum atomic E-state index is -0.238. The molecule has 2 rings (SSSR count). The molecule has 1 heterocycles. The van der Waals surface area contributed by atoms with Gasteiger partial charge < -0.3 is 0 Å². The molecule has 0 spiro atoms. The van der Waals surface area contributed by atoms with Crippen LogP contribution >= 0.6 is 0 Å². The third-order valence-corrected chi connectivity index (χ3v) is 4.91. The van der Waals surface area contributed by atoms with Crippen molar-refractivity contribution in [3.63, 3.8) is 0 Å². The first kappa shape index (κ1) is 17.2. The number of nitrogens with zero attached hydrogens (tertiary/aromatic N) is 1. The van der Waals surface area contributed by atoms with Crippen LogP contribution in [0.3, 0.4) is 0 Å². The number of hydrogen-bond donors (Lipinski definition) is 0. The van der Waals surface area contributed by atoms with Crippen LogP contribution in [0, 0.1) is 0 Å². The van der Waals surface area contributed by atoms with Gasteiger partial charge in [-0.25, -0.2) is 0 Å².